The molecule has 0 radical (unpaired) electrons. The van der Waals surface area contributed by atoms with E-state index >= 15 is 0 Å². The molecule has 2 aliphatic heterocycles. The highest BCUT2D eigenvalue weighted by Gasteiger charge is 2.50. The molecule has 0 aliphatic carbocycles. The molecule has 2 atom stereocenters. The van der Waals surface area contributed by atoms with Crippen molar-refractivity contribution in [3.05, 3.63) is 35.9 Å². The van der Waals surface area contributed by atoms with Crippen LogP contribution < -0.4 is 0 Å². The maximum absolute atomic E-state index is 11.7. The van der Waals surface area contributed by atoms with Gasteiger partial charge in [-0.1, -0.05) is 37.3 Å². The predicted molar refractivity (Wildman–Crippen MR) is 80.6 cm³/mol. The molecule has 3 rings (SSSR count). The van der Waals surface area contributed by atoms with Gasteiger partial charge < -0.3 is 4.90 Å². The summed E-state index contributed by atoms with van der Waals surface area (Å²) in [7, 11) is 0. The van der Waals surface area contributed by atoms with E-state index in [1.165, 1.54) is 12.0 Å². The first kappa shape index (κ1) is 13.6. The summed E-state index contributed by atoms with van der Waals surface area (Å²) in [6.45, 7) is 7.94. The highest BCUT2D eigenvalue weighted by molar-refractivity contribution is 5.73. The number of nitrogens with zero attached hydrogens (tertiary/aromatic N) is 2. The molecule has 0 bridgehead atoms. The number of likely N-dealkylation sites (N-methyl/N-ethyl adjacent to an activating group) is 1. The van der Waals surface area contributed by atoms with E-state index in [9.17, 15) is 4.79 Å². The summed E-state index contributed by atoms with van der Waals surface area (Å²) in [6.07, 6.45) is 2.32. The first-order chi connectivity index (χ1) is 9.67. The zero-order valence-corrected chi connectivity index (χ0v) is 12.5. The summed E-state index contributed by atoms with van der Waals surface area (Å²) in [5.74, 6) is 0.217. The first-order valence-electron chi connectivity index (χ1n) is 7.72. The largest absolute Gasteiger partial charge is 0.341 e. The van der Waals surface area contributed by atoms with Gasteiger partial charge in [0, 0.05) is 31.5 Å². The Labute approximate surface area is 121 Å². The van der Waals surface area contributed by atoms with Crippen LogP contribution in [-0.2, 0) is 10.2 Å². The molecule has 2 saturated heterocycles. The van der Waals surface area contributed by atoms with Crippen LogP contribution in [0, 0.1) is 0 Å². The smallest absolute Gasteiger partial charge is 0.219 e. The fourth-order valence-corrected chi connectivity index (χ4v) is 4.15. The van der Waals surface area contributed by atoms with Crippen LogP contribution in [0.2, 0.25) is 0 Å². The molecule has 0 spiro atoms. The van der Waals surface area contributed by atoms with E-state index in [0.29, 0.717) is 6.04 Å². The van der Waals surface area contributed by atoms with Crippen molar-refractivity contribution in [2.75, 3.05) is 26.2 Å². The molecule has 2 fully saturated rings. The van der Waals surface area contributed by atoms with Gasteiger partial charge in [0.25, 0.3) is 0 Å². The van der Waals surface area contributed by atoms with Gasteiger partial charge in [-0.3, -0.25) is 9.69 Å². The van der Waals surface area contributed by atoms with E-state index < -0.39 is 0 Å². The van der Waals surface area contributed by atoms with E-state index in [-0.39, 0.29) is 11.3 Å². The van der Waals surface area contributed by atoms with Crippen molar-refractivity contribution in [3.63, 3.8) is 0 Å². The second-order valence-electron chi connectivity index (χ2n) is 6.13. The van der Waals surface area contributed by atoms with Crippen LogP contribution in [-0.4, -0.2) is 47.9 Å². The molecule has 0 saturated carbocycles. The first-order valence-corrected chi connectivity index (χ1v) is 7.72. The van der Waals surface area contributed by atoms with Crippen LogP contribution in [0.1, 0.15) is 32.3 Å². The topological polar surface area (TPSA) is 23.6 Å². The van der Waals surface area contributed by atoms with E-state index in [1.54, 1.807) is 6.92 Å². The molecule has 20 heavy (non-hydrogen) atoms. The molecule has 1 aromatic rings. The highest BCUT2D eigenvalue weighted by atomic mass is 16.2. The van der Waals surface area contributed by atoms with Gasteiger partial charge in [0.2, 0.25) is 5.91 Å². The quantitative estimate of drug-likeness (QED) is 0.824. The number of hydrogen-bond acceptors (Lipinski definition) is 2. The number of hydrogen-bond donors (Lipinski definition) is 0. The maximum Gasteiger partial charge on any atom is 0.219 e. The lowest BCUT2D eigenvalue weighted by atomic mass is 9.69. The van der Waals surface area contributed by atoms with Crippen molar-refractivity contribution in [3.8, 4) is 0 Å². The van der Waals surface area contributed by atoms with Crippen molar-refractivity contribution in [1.29, 1.82) is 0 Å². The number of fused-ring (bicyclic) bond motifs is 1. The van der Waals surface area contributed by atoms with E-state index in [2.05, 4.69) is 42.2 Å². The lowest BCUT2D eigenvalue weighted by Crippen LogP contribution is -2.56. The van der Waals surface area contributed by atoms with Crippen molar-refractivity contribution in [1.82, 2.24) is 9.80 Å². The summed E-state index contributed by atoms with van der Waals surface area (Å²) in [5.41, 5.74) is 1.72. The zero-order chi connectivity index (χ0) is 14.2. The van der Waals surface area contributed by atoms with Crippen LogP contribution in [0.5, 0.6) is 0 Å². The number of piperidine rings is 1. The monoisotopic (exact) mass is 272 g/mol. The van der Waals surface area contributed by atoms with E-state index in [0.717, 1.165) is 32.6 Å². The number of carbonyl (C=O) groups is 1. The second kappa shape index (κ2) is 5.21. The molecule has 2 heterocycles. The molecule has 3 nitrogen and oxygen atoms in total. The van der Waals surface area contributed by atoms with E-state index in [1.807, 2.05) is 4.90 Å². The molecule has 0 N–H and O–H groups in total. The molecule has 108 valence electrons. The third-order valence-electron chi connectivity index (χ3n) is 5.35. The summed E-state index contributed by atoms with van der Waals surface area (Å²) in [5, 5.41) is 0. The average Bonchev–Trinajstić information content (AvgIpc) is 2.87. The Balaban J connectivity index is 1.95. The number of carbonyl (C=O) groups excluding carboxylic acids is 1. The van der Waals surface area contributed by atoms with Crippen molar-refractivity contribution in [2.24, 2.45) is 0 Å². The summed E-state index contributed by atoms with van der Waals surface area (Å²) in [6, 6.07) is 11.4. The highest BCUT2D eigenvalue weighted by Crippen LogP contribution is 2.45. The number of benzene rings is 1. The zero-order valence-electron chi connectivity index (χ0n) is 12.5. The molecule has 1 aromatic carbocycles. The van der Waals surface area contributed by atoms with Gasteiger partial charge in [-0.2, -0.15) is 0 Å². The van der Waals surface area contributed by atoms with Crippen molar-refractivity contribution < 1.29 is 4.79 Å². The minimum absolute atomic E-state index is 0.217. The van der Waals surface area contributed by atoms with Gasteiger partial charge in [0.15, 0.2) is 0 Å². The van der Waals surface area contributed by atoms with E-state index in [4.69, 9.17) is 0 Å². The fourth-order valence-electron chi connectivity index (χ4n) is 4.15. The molecule has 1 amide bonds. The van der Waals surface area contributed by atoms with Gasteiger partial charge in [0.1, 0.15) is 0 Å². The van der Waals surface area contributed by atoms with Gasteiger partial charge >= 0.3 is 0 Å². The van der Waals surface area contributed by atoms with Crippen LogP contribution in [0.15, 0.2) is 30.3 Å². The van der Waals surface area contributed by atoms with Crippen molar-refractivity contribution >= 4 is 5.91 Å². The molecule has 3 heteroatoms. The second-order valence-corrected chi connectivity index (χ2v) is 6.13. The Morgan fingerprint density at radius 1 is 1.25 bits per heavy atom. The Morgan fingerprint density at radius 3 is 2.60 bits per heavy atom. The lowest BCUT2D eigenvalue weighted by molar-refractivity contribution is -0.131. The minimum Gasteiger partial charge on any atom is -0.341 e. The van der Waals surface area contributed by atoms with Crippen LogP contribution in [0.3, 0.4) is 0 Å². The summed E-state index contributed by atoms with van der Waals surface area (Å²) < 4.78 is 0. The number of amides is 1. The van der Waals surface area contributed by atoms with Crippen molar-refractivity contribution in [2.45, 2.75) is 38.1 Å². The number of rotatable bonds is 2. The Hall–Kier alpha value is -1.35. The predicted octanol–water partition coefficient (Wildman–Crippen LogP) is 2.27. The third kappa shape index (κ3) is 2.05. The normalized spacial score (nSPS) is 30.3. The third-order valence-corrected chi connectivity index (χ3v) is 5.35. The lowest BCUT2D eigenvalue weighted by Gasteiger charge is -2.46. The Morgan fingerprint density at radius 2 is 1.95 bits per heavy atom. The summed E-state index contributed by atoms with van der Waals surface area (Å²) in [4.78, 5) is 16.3. The number of likely N-dealkylation sites (tertiary alicyclic amines) is 2. The Kier molecular flexibility index (Phi) is 3.55. The molecular formula is C17H24N2O. The Bertz CT molecular complexity index is 487. The van der Waals surface area contributed by atoms with Crippen LogP contribution in [0.25, 0.3) is 0 Å². The average molecular weight is 272 g/mol. The maximum atomic E-state index is 11.7. The molecular weight excluding hydrogens is 248 g/mol. The van der Waals surface area contributed by atoms with Crippen LogP contribution in [0.4, 0.5) is 0 Å². The summed E-state index contributed by atoms with van der Waals surface area (Å²) >= 11 is 0. The minimum atomic E-state index is 0.217. The van der Waals surface area contributed by atoms with Gasteiger partial charge in [-0.25, -0.2) is 0 Å². The fraction of sp³-hybridized carbons (Fsp3) is 0.588. The van der Waals surface area contributed by atoms with Gasteiger partial charge in [-0.05, 0) is 31.5 Å². The SMILES string of the molecule is CCN1CC[C@]2(c3ccccc3)CCN(C(C)=O)C[C@H]12. The molecule has 0 unspecified atom stereocenters. The van der Waals surface area contributed by atoms with Gasteiger partial charge in [0.05, 0.1) is 0 Å². The molecule has 2 aliphatic rings. The standard InChI is InChI=1S/C17H24N2O/c1-3-18-11-9-17(15-7-5-4-6-8-15)10-12-19(14(2)20)13-16(17)18/h4-8,16H,3,9-13H2,1-2H3/t16-,17+/m0/s1. The van der Waals surface area contributed by atoms with Crippen LogP contribution >= 0.6 is 0 Å². The molecule has 0 aromatic heterocycles. The van der Waals surface area contributed by atoms with Gasteiger partial charge in [-0.15, -0.1) is 0 Å².